The molecule has 4 aromatic rings. The minimum Gasteiger partial charge on any atom is -0.383 e. The third-order valence-electron chi connectivity index (χ3n) is 4.62. The fraction of sp³-hybridized carbons (Fsp3) is 0.130. The summed E-state index contributed by atoms with van der Waals surface area (Å²) in [6.45, 7) is 0. The van der Waals surface area contributed by atoms with Gasteiger partial charge in [0.15, 0.2) is 5.76 Å². The summed E-state index contributed by atoms with van der Waals surface area (Å²) < 4.78 is 5.45. The molecule has 0 saturated heterocycles. The molecule has 27 heavy (non-hydrogen) atoms. The van der Waals surface area contributed by atoms with Gasteiger partial charge < -0.3 is 10.3 Å². The zero-order valence-electron chi connectivity index (χ0n) is 15.0. The van der Waals surface area contributed by atoms with E-state index in [4.69, 9.17) is 10.3 Å². The molecule has 2 aromatic heterocycles. The van der Waals surface area contributed by atoms with Gasteiger partial charge in [-0.15, -0.1) is 0 Å². The van der Waals surface area contributed by atoms with Gasteiger partial charge in [-0.05, 0) is 41.7 Å². The Hall–Kier alpha value is -3.40. The number of aryl methyl sites for hydroxylation is 2. The number of pyridine rings is 1. The SMILES string of the molecule is Nc1ncccc1-c1cc(Cc2ccc(CCc3ccccc3)cc2)no1. The average Bonchev–Trinajstić information content (AvgIpc) is 3.17. The van der Waals surface area contributed by atoms with Gasteiger partial charge in [-0.2, -0.15) is 0 Å². The van der Waals surface area contributed by atoms with Crippen LogP contribution in [0.15, 0.2) is 83.5 Å². The largest absolute Gasteiger partial charge is 0.383 e. The summed E-state index contributed by atoms with van der Waals surface area (Å²) >= 11 is 0. The highest BCUT2D eigenvalue weighted by Gasteiger charge is 2.10. The van der Waals surface area contributed by atoms with Gasteiger partial charge in [0, 0.05) is 18.7 Å². The van der Waals surface area contributed by atoms with Gasteiger partial charge >= 0.3 is 0 Å². The van der Waals surface area contributed by atoms with Gasteiger partial charge in [0.05, 0.1) is 11.3 Å². The fourth-order valence-electron chi connectivity index (χ4n) is 3.11. The third-order valence-corrected chi connectivity index (χ3v) is 4.62. The zero-order chi connectivity index (χ0) is 18.5. The van der Waals surface area contributed by atoms with Crippen molar-refractivity contribution in [2.45, 2.75) is 19.3 Å². The molecule has 0 aliphatic heterocycles. The summed E-state index contributed by atoms with van der Waals surface area (Å²) in [5.74, 6) is 1.10. The minimum absolute atomic E-state index is 0.447. The molecular formula is C23H21N3O. The highest BCUT2D eigenvalue weighted by molar-refractivity contribution is 5.69. The maximum atomic E-state index is 5.90. The second-order valence-electron chi connectivity index (χ2n) is 6.60. The molecular weight excluding hydrogens is 334 g/mol. The minimum atomic E-state index is 0.447. The van der Waals surface area contributed by atoms with E-state index in [1.165, 1.54) is 16.7 Å². The van der Waals surface area contributed by atoms with Gasteiger partial charge in [0.1, 0.15) is 5.82 Å². The molecule has 0 aliphatic rings. The monoisotopic (exact) mass is 355 g/mol. The summed E-state index contributed by atoms with van der Waals surface area (Å²) in [7, 11) is 0. The summed E-state index contributed by atoms with van der Waals surface area (Å²) in [6, 6.07) is 24.9. The van der Waals surface area contributed by atoms with Crippen molar-refractivity contribution in [3.63, 3.8) is 0 Å². The van der Waals surface area contributed by atoms with Crippen LogP contribution in [0.4, 0.5) is 5.82 Å². The first kappa shape index (κ1) is 17.0. The maximum Gasteiger partial charge on any atom is 0.170 e. The molecule has 0 fully saturated rings. The van der Waals surface area contributed by atoms with E-state index >= 15 is 0 Å². The van der Waals surface area contributed by atoms with Crippen LogP contribution in [-0.4, -0.2) is 10.1 Å². The van der Waals surface area contributed by atoms with Crippen LogP contribution in [0.25, 0.3) is 11.3 Å². The molecule has 4 heteroatoms. The van der Waals surface area contributed by atoms with E-state index in [-0.39, 0.29) is 0 Å². The quantitative estimate of drug-likeness (QED) is 0.545. The van der Waals surface area contributed by atoms with Crippen molar-refractivity contribution in [2.75, 3.05) is 5.73 Å². The lowest BCUT2D eigenvalue weighted by Crippen LogP contribution is -1.93. The topological polar surface area (TPSA) is 64.9 Å². The Morgan fingerprint density at radius 2 is 1.48 bits per heavy atom. The summed E-state index contributed by atoms with van der Waals surface area (Å²) in [4.78, 5) is 4.09. The van der Waals surface area contributed by atoms with E-state index in [2.05, 4.69) is 64.7 Å². The Kier molecular flexibility index (Phi) is 4.97. The molecule has 0 unspecified atom stereocenters. The van der Waals surface area contributed by atoms with E-state index < -0.39 is 0 Å². The van der Waals surface area contributed by atoms with E-state index in [9.17, 15) is 0 Å². The van der Waals surface area contributed by atoms with E-state index in [0.29, 0.717) is 11.6 Å². The Bertz CT molecular complexity index is 1010. The van der Waals surface area contributed by atoms with Crippen molar-refractivity contribution >= 4 is 5.82 Å². The summed E-state index contributed by atoms with van der Waals surface area (Å²) in [6.07, 6.45) is 4.48. The van der Waals surface area contributed by atoms with Crippen LogP contribution in [0.3, 0.4) is 0 Å². The number of aromatic nitrogens is 2. The van der Waals surface area contributed by atoms with Crippen molar-refractivity contribution in [3.8, 4) is 11.3 Å². The second kappa shape index (κ2) is 7.87. The summed E-state index contributed by atoms with van der Waals surface area (Å²) in [5, 5.41) is 4.17. The van der Waals surface area contributed by atoms with Gasteiger partial charge in [-0.1, -0.05) is 59.8 Å². The Morgan fingerprint density at radius 1 is 0.778 bits per heavy atom. The smallest absolute Gasteiger partial charge is 0.170 e. The summed E-state index contributed by atoms with van der Waals surface area (Å²) in [5.41, 5.74) is 11.5. The van der Waals surface area contributed by atoms with Gasteiger partial charge in [-0.25, -0.2) is 4.98 Å². The van der Waals surface area contributed by atoms with Crippen LogP contribution in [0.5, 0.6) is 0 Å². The zero-order valence-corrected chi connectivity index (χ0v) is 15.0. The molecule has 0 radical (unpaired) electrons. The first-order valence-corrected chi connectivity index (χ1v) is 9.06. The molecule has 0 bridgehead atoms. The normalized spacial score (nSPS) is 10.8. The van der Waals surface area contributed by atoms with Gasteiger partial charge in [0.2, 0.25) is 0 Å². The molecule has 134 valence electrons. The molecule has 2 N–H and O–H groups in total. The Morgan fingerprint density at radius 3 is 2.22 bits per heavy atom. The lowest BCUT2D eigenvalue weighted by atomic mass is 10.0. The van der Waals surface area contributed by atoms with E-state index in [0.717, 1.165) is 30.5 Å². The maximum absolute atomic E-state index is 5.90. The number of benzene rings is 2. The number of rotatable bonds is 6. The van der Waals surface area contributed by atoms with Crippen molar-refractivity contribution in [2.24, 2.45) is 0 Å². The number of nitrogen functional groups attached to an aromatic ring is 1. The first-order valence-electron chi connectivity index (χ1n) is 9.06. The number of anilines is 1. The van der Waals surface area contributed by atoms with Crippen LogP contribution in [-0.2, 0) is 19.3 Å². The molecule has 0 aliphatic carbocycles. The predicted octanol–water partition coefficient (Wildman–Crippen LogP) is 4.69. The Balaban J connectivity index is 1.39. The van der Waals surface area contributed by atoms with E-state index in [1.54, 1.807) is 6.20 Å². The predicted molar refractivity (Wildman–Crippen MR) is 107 cm³/mol. The van der Waals surface area contributed by atoms with Crippen molar-refractivity contribution in [3.05, 3.63) is 101 Å². The number of hydrogen-bond donors (Lipinski definition) is 1. The number of hydrogen-bond acceptors (Lipinski definition) is 4. The highest BCUT2D eigenvalue weighted by Crippen LogP contribution is 2.25. The second-order valence-corrected chi connectivity index (χ2v) is 6.60. The van der Waals surface area contributed by atoms with Crippen molar-refractivity contribution < 1.29 is 4.52 Å². The average molecular weight is 355 g/mol. The van der Waals surface area contributed by atoms with Crippen LogP contribution in [0, 0.1) is 0 Å². The van der Waals surface area contributed by atoms with Crippen molar-refractivity contribution in [1.29, 1.82) is 0 Å². The molecule has 2 aromatic carbocycles. The van der Waals surface area contributed by atoms with Crippen LogP contribution in [0.2, 0.25) is 0 Å². The third kappa shape index (κ3) is 4.23. The molecule has 0 spiro atoms. The molecule has 4 nitrogen and oxygen atoms in total. The lowest BCUT2D eigenvalue weighted by Gasteiger charge is -2.04. The molecule has 4 rings (SSSR count). The fourth-order valence-corrected chi connectivity index (χ4v) is 3.11. The number of nitrogens with two attached hydrogens (primary N) is 1. The van der Waals surface area contributed by atoms with Crippen LogP contribution < -0.4 is 5.73 Å². The van der Waals surface area contributed by atoms with Crippen molar-refractivity contribution in [1.82, 2.24) is 10.1 Å². The molecule has 2 heterocycles. The standard InChI is InChI=1S/C23H21N3O/c24-23-21(7-4-14-25-23)22-16-20(26-27-22)15-19-12-10-18(11-13-19)9-8-17-5-2-1-3-6-17/h1-7,10-14,16H,8-9,15H2,(H2,24,25). The van der Waals surface area contributed by atoms with Gasteiger partial charge in [-0.3, -0.25) is 0 Å². The molecule has 0 amide bonds. The van der Waals surface area contributed by atoms with Gasteiger partial charge in [0.25, 0.3) is 0 Å². The lowest BCUT2D eigenvalue weighted by molar-refractivity contribution is 0.425. The Labute approximate surface area is 158 Å². The molecule has 0 saturated carbocycles. The van der Waals surface area contributed by atoms with Crippen LogP contribution in [0.1, 0.15) is 22.4 Å². The van der Waals surface area contributed by atoms with Crippen LogP contribution >= 0.6 is 0 Å². The highest BCUT2D eigenvalue weighted by atomic mass is 16.5. The van der Waals surface area contributed by atoms with E-state index in [1.807, 2.05) is 18.2 Å². The first-order chi connectivity index (χ1) is 13.3. The molecule has 0 atom stereocenters. The number of nitrogens with zero attached hydrogens (tertiary/aromatic N) is 2.